The molecule has 0 saturated carbocycles. The van der Waals surface area contributed by atoms with Gasteiger partial charge in [-0.05, 0) is 26.8 Å². The molecule has 0 aliphatic carbocycles. The maximum atomic E-state index is 12.4. The maximum Gasteiger partial charge on any atom is 0.410 e. The average Bonchev–Trinajstić information content (AvgIpc) is 2.49. The molecule has 7 nitrogen and oxygen atoms in total. The first-order valence-corrected chi connectivity index (χ1v) is 12.6. The smallest absolute Gasteiger partial charge is 0.410 e. The van der Waals surface area contributed by atoms with Crippen molar-refractivity contribution in [2.24, 2.45) is 5.92 Å². The van der Waals surface area contributed by atoms with Crippen LogP contribution in [0.25, 0.3) is 0 Å². The van der Waals surface area contributed by atoms with E-state index in [0.717, 1.165) is 6.04 Å². The molecule has 1 atom stereocenters. The van der Waals surface area contributed by atoms with Gasteiger partial charge in [0.15, 0.2) is 0 Å². The molecule has 0 spiro atoms. The molecule has 8 heteroatoms. The van der Waals surface area contributed by atoms with Gasteiger partial charge < -0.3 is 24.2 Å². The number of aliphatic hydroxyl groups excluding tert-OH is 1. The number of esters is 1. The van der Waals surface area contributed by atoms with E-state index in [1.807, 2.05) is 0 Å². The quantitative estimate of drug-likeness (QED) is 0.428. The number of carbonyl (C=O) groups is 2. The van der Waals surface area contributed by atoms with E-state index in [0.29, 0.717) is 6.61 Å². The number of hydrogen-bond donors (Lipinski definition) is 1. The van der Waals surface area contributed by atoms with Gasteiger partial charge in [0.2, 0.25) is 0 Å². The van der Waals surface area contributed by atoms with Crippen LogP contribution in [0.1, 0.15) is 20.8 Å². The lowest BCUT2D eigenvalue weighted by Crippen LogP contribution is -2.46. The normalized spacial score (nSPS) is 18.7. The SMILES string of the molecule is COC(=O)C1=C(O)C(COCC[Si](C)(C)C)CN(C(=O)OC(C)(C)C)C1. The van der Waals surface area contributed by atoms with Crippen molar-refractivity contribution in [3.05, 3.63) is 11.3 Å². The second-order valence-electron chi connectivity index (χ2n) is 8.80. The molecule has 1 N–H and O–H groups in total. The van der Waals surface area contributed by atoms with Gasteiger partial charge in [-0.2, -0.15) is 0 Å². The van der Waals surface area contributed by atoms with Crippen molar-refractivity contribution < 1.29 is 28.9 Å². The number of carbonyl (C=O) groups excluding carboxylic acids is 2. The lowest BCUT2D eigenvalue weighted by Gasteiger charge is -2.34. The van der Waals surface area contributed by atoms with Gasteiger partial charge >= 0.3 is 12.1 Å². The van der Waals surface area contributed by atoms with Gasteiger partial charge in [0, 0.05) is 21.2 Å². The number of aliphatic hydroxyl groups is 1. The largest absolute Gasteiger partial charge is 0.511 e. The number of nitrogens with zero attached hydrogens (tertiary/aromatic N) is 1. The first-order valence-electron chi connectivity index (χ1n) is 8.90. The fourth-order valence-corrected chi connectivity index (χ4v) is 3.19. The Morgan fingerprint density at radius 2 is 1.88 bits per heavy atom. The second kappa shape index (κ2) is 8.90. The van der Waals surface area contributed by atoms with E-state index in [1.165, 1.54) is 12.0 Å². The van der Waals surface area contributed by atoms with Gasteiger partial charge in [0.05, 0.1) is 31.8 Å². The molecule has 0 radical (unpaired) electrons. The van der Waals surface area contributed by atoms with Crippen molar-refractivity contribution in [1.29, 1.82) is 0 Å². The molecule has 0 aromatic rings. The van der Waals surface area contributed by atoms with Gasteiger partial charge in [0.1, 0.15) is 11.4 Å². The van der Waals surface area contributed by atoms with Crippen molar-refractivity contribution in [3.63, 3.8) is 0 Å². The Balaban J connectivity index is 2.85. The molecule has 0 aromatic heterocycles. The van der Waals surface area contributed by atoms with Crippen molar-refractivity contribution in [1.82, 2.24) is 4.90 Å². The Labute approximate surface area is 157 Å². The van der Waals surface area contributed by atoms with Gasteiger partial charge in [-0.15, -0.1) is 0 Å². The zero-order valence-corrected chi connectivity index (χ0v) is 18.0. The van der Waals surface area contributed by atoms with Crippen LogP contribution in [0.5, 0.6) is 0 Å². The molecule has 1 amide bonds. The Kier molecular flexibility index (Phi) is 7.70. The molecule has 0 saturated heterocycles. The van der Waals surface area contributed by atoms with E-state index in [2.05, 4.69) is 19.6 Å². The summed E-state index contributed by atoms with van der Waals surface area (Å²) in [6, 6.07) is 1.00. The monoisotopic (exact) mass is 387 g/mol. The van der Waals surface area contributed by atoms with E-state index in [9.17, 15) is 14.7 Å². The van der Waals surface area contributed by atoms with Gasteiger partial charge in [-0.3, -0.25) is 0 Å². The van der Waals surface area contributed by atoms with Crippen LogP contribution in [-0.2, 0) is 19.0 Å². The van der Waals surface area contributed by atoms with Crippen LogP contribution >= 0.6 is 0 Å². The molecule has 0 bridgehead atoms. The number of hydrogen-bond acceptors (Lipinski definition) is 6. The van der Waals surface area contributed by atoms with Crippen LogP contribution in [0.4, 0.5) is 4.79 Å². The van der Waals surface area contributed by atoms with Crippen LogP contribution in [0.3, 0.4) is 0 Å². The third-order valence-corrected chi connectivity index (χ3v) is 5.59. The van der Waals surface area contributed by atoms with E-state index in [-0.39, 0.29) is 31.0 Å². The predicted octanol–water partition coefficient (Wildman–Crippen LogP) is 3.19. The van der Waals surface area contributed by atoms with Crippen molar-refractivity contribution in [3.8, 4) is 0 Å². The van der Waals surface area contributed by atoms with Crippen LogP contribution < -0.4 is 0 Å². The fraction of sp³-hybridized carbons (Fsp3) is 0.778. The standard InChI is InChI=1S/C18H33NO6Si/c1-18(2,3)25-17(22)19-10-13(12-24-8-9-26(5,6)7)15(20)14(11-19)16(21)23-4/h13,20H,8-12H2,1-7H3. The Bertz CT molecular complexity index is 547. The molecular weight excluding hydrogens is 354 g/mol. The summed E-state index contributed by atoms with van der Waals surface area (Å²) in [6.45, 7) is 13.1. The zero-order chi connectivity index (χ0) is 20.1. The van der Waals surface area contributed by atoms with Crippen molar-refractivity contribution in [2.75, 3.05) is 33.4 Å². The van der Waals surface area contributed by atoms with Gasteiger partial charge in [-0.25, -0.2) is 9.59 Å². The number of amides is 1. The first-order chi connectivity index (χ1) is 11.8. The third-order valence-electron chi connectivity index (χ3n) is 3.88. The highest BCUT2D eigenvalue weighted by molar-refractivity contribution is 6.76. The summed E-state index contributed by atoms with van der Waals surface area (Å²) >= 11 is 0. The number of ether oxygens (including phenoxy) is 3. The molecule has 1 aliphatic heterocycles. The molecular formula is C18H33NO6Si. The summed E-state index contributed by atoms with van der Waals surface area (Å²) in [5.74, 6) is -1.19. The summed E-state index contributed by atoms with van der Waals surface area (Å²) in [5, 5.41) is 10.5. The van der Waals surface area contributed by atoms with Gasteiger partial charge in [-0.1, -0.05) is 19.6 Å². The van der Waals surface area contributed by atoms with E-state index < -0.39 is 31.7 Å². The highest BCUT2D eigenvalue weighted by Gasteiger charge is 2.35. The summed E-state index contributed by atoms with van der Waals surface area (Å²) in [4.78, 5) is 25.8. The number of rotatable bonds is 6. The van der Waals surface area contributed by atoms with Crippen molar-refractivity contribution in [2.45, 2.75) is 52.1 Å². The van der Waals surface area contributed by atoms with Crippen LogP contribution in [0.15, 0.2) is 11.3 Å². The minimum absolute atomic E-state index is 0.0428. The predicted molar refractivity (Wildman–Crippen MR) is 102 cm³/mol. The van der Waals surface area contributed by atoms with Crippen LogP contribution in [-0.4, -0.2) is 69.2 Å². The molecule has 0 aromatic carbocycles. The lowest BCUT2D eigenvalue weighted by atomic mass is 9.98. The summed E-state index contributed by atoms with van der Waals surface area (Å²) in [6.07, 6.45) is -0.529. The Morgan fingerprint density at radius 3 is 2.38 bits per heavy atom. The molecule has 26 heavy (non-hydrogen) atoms. The summed E-state index contributed by atoms with van der Waals surface area (Å²) in [5.41, 5.74) is -0.571. The molecule has 1 heterocycles. The van der Waals surface area contributed by atoms with E-state index >= 15 is 0 Å². The lowest BCUT2D eigenvalue weighted by molar-refractivity contribution is -0.137. The highest BCUT2D eigenvalue weighted by atomic mass is 28.3. The zero-order valence-electron chi connectivity index (χ0n) is 17.0. The van der Waals surface area contributed by atoms with E-state index in [1.54, 1.807) is 20.8 Å². The first kappa shape index (κ1) is 22.5. The fourth-order valence-electron chi connectivity index (χ4n) is 2.43. The van der Waals surface area contributed by atoms with E-state index in [4.69, 9.17) is 14.2 Å². The molecule has 0 fully saturated rings. The summed E-state index contributed by atoms with van der Waals surface area (Å²) in [7, 11) is 0.0301. The molecule has 1 rings (SSSR count). The average molecular weight is 388 g/mol. The Hall–Kier alpha value is -1.54. The van der Waals surface area contributed by atoms with Crippen molar-refractivity contribution >= 4 is 20.1 Å². The topological polar surface area (TPSA) is 85.3 Å². The summed E-state index contributed by atoms with van der Waals surface area (Å²) < 4.78 is 15.8. The number of methoxy groups -OCH3 is 1. The molecule has 1 unspecified atom stereocenters. The second-order valence-corrected chi connectivity index (χ2v) is 14.4. The maximum absolute atomic E-state index is 12.4. The molecule has 150 valence electrons. The van der Waals surface area contributed by atoms with Gasteiger partial charge in [0.25, 0.3) is 0 Å². The van der Waals surface area contributed by atoms with Crippen LogP contribution in [0.2, 0.25) is 25.7 Å². The highest BCUT2D eigenvalue weighted by Crippen LogP contribution is 2.25. The minimum Gasteiger partial charge on any atom is -0.511 e. The Morgan fingerprint density at radius 1 is 1.27 bits per heavy atom. The van der Waals surface area contributed by atoms with Crippen LogP contribution in [0, 0.1) is 5.92 Å². The minimum atomic E-state index is -1.21. The molecule has 1 aliphatic rings. The third kappa shape index (κ3) is 7.37.